The number of ether oxygens (including phenoxy) is 1. The van der Waals surface area contributed by atoms with E-state index in [0.717, 1.165) is 27.9 Å². The number of hydrogen-bond donors (Lipinski definition) is 2. The minimum atomic E-state index is 0.510. The zero-order valence-corrected chi connectivity index (χ0v) is 15.4. The zero-order valence-electron chi connectivity index (χ0n) is 14.6. The normalized spacial score (nSPS) is 10.4. The molecule has 0 saturated heterocycles. The predicted molar refractivity (Wildman–Crippen MR) is 117 cm³/mol. The van der Waals surface area contributed by atoms with Crippen LogP contribution in [-0.4, -0.2) is 5.11 Å². The number of thiocarbonyl (C=S) groups is 1. The van der Waals surface area contributed by atoms with E-state index in [1.165, 1.54) is 0 Å². The Morgan fingerprint density at radius 2 is 1.26 bits per heavy atom. The van der Waals surface area contributed by atoms with Gasteiger partial charge in [-0.05, 0) is 47.9 Å². The maximum Gasteiger partial charge on any atom is 0.175 e. The van der Waals surface area contributed by atoms with Gasteiger partial charge in [0.15, 0.2) is 10.9 Å². The lowest BCUT2D eigenvalue weighted by Gasteiger charge is -2.15. The molecule has 0 aromatic heterocycles. The van der Waals surface area contributed by atoms with Crippen LogP contribution in [0.5, 0.6) is 11.5 Å². The number of nitrogens with one attached hydrogen (secondary N) is 2. The summed E-state index contributed by atoms with van der Waals surface area (Å²) in [5.74, 6) is 1.49. The molecule has 4 rings (SSSR count). The SMILES string of the molecule is S=C(Nc1ccccc1Oc1ccccc1)Nc1cccc2ccccc12. The number of fused-ring (bicyclic) bond motifs is 1. The fourth-order valence-corrected chi connectivity index (χ4v) is 3.10. The predicted octanol–water partition coefficient (Wildman–Crippen LogP) is 6.44. The number of hydrogen-bond acceptors (Lipinski definition) is 2. The first-order valence-corrected chi connectivity index (χ1v) is 9.08. The highest BCUT2D eigenvalue weighted by molar-refractivity contribution is 7.80. The van der Waals surface area contributed by atoms with Crippen molar-refractivity contribution in [2.24, 2.45) is 0 Å². The van der Waals surface area contributed by atoms with Gasteiger partial charge in [0.05, 0.1) is 5.69 Å². The molecular formula is C23H18N2OS. The Bertz CT molecular complexity index is 1070. The Balaban J connectivity index is 1.53. The summed E-state index contributed by atoms with van der Waals surface area (Å²) in [5.41, 5.74) is 1.77. The number of para-hydroxylation sites is 3. The van der Waals surface area contributed by atoms with Crippen molar-refractivity contribution in [3.05, 3.63) is 97.1 Å². The van der Waals surface area contributed by atoms with E-state index in [-0.39, 0.29) is 0 Å². The van der Waals surface area contributed by atoms with E-state index in [2.05, 4.69) is 28.8 Å². The zero-order chi connectivity index (χ0) is 18.5. The smallest absolute Gasteiger partial charge is 0.175 e. The van der Waals surface area contributed by atoms with Crippen LogP contribution in [0.25, 0.3) is 10.8 Å². The number of rotatable bonds is 4. The van der Waals surface area contributed by atoms with Gasteiger partial charge < -0.3 is 15.4 Å². The van der Waals surface area contributed by atoms with Gasteiger partial charge in [-0.2, -0.15) is 0 Å². The van der Waals surface area contributed by atoms with Gasteiger partial charge in [-0.1, -0.05) is 66.7 Å². The van der Waals surface area contributed by atoms with Gasteiger partial charge in [-0.15, -0.1) is 0 Å². The van der Waals surface area contributed by atoms with Crippen molar-refractivity contribution < 1.29 is 4.74 Å². The van der Waals surface area contributed by atoms with Crippen LogP contribution in [-0.2, 0) is 0 Å². The summed E-state index contributed by atoms with van der Waals surface area (Å²) in [7, 11) is 0. The monoisotopic (exact) mass is 370 g/mol. The maximum absolute atomic E-state index is 5.98. The van der Waals surface area contributed by atoms with E-state index in [4.69, 9.17) is 17.0 Å². The summed E-state index contributed by atoms with van der Waals surface area (Å²) in [6.45, 7) is 0. The molecule has 0 aliphatic carbocycles. The van der Waals surface area contributed by atoms with Gasteiger partial charge in [0.1, 0.15) is 5.75 Å². The van der Waals surface area contributed by atoms with E-state index in [1.54, 1.807) is 0 Å². The van der Waals surface area contributed by atoms with Crippen molar-refractivity contribution in [3.8, 4) is 11.5 Å². The molecule has 0 spiro atoms. The molecule has 0 bridgehead atoms. The van der Waals surface area contributed by atoms with Crippen LogP contribution < -0.4 is 15.4 Å². The first-order valence-electron chi connectivity index (χ1n) is 8.67. The number of benzene rings is 4. The molecule has 2 N–H and O–H groups in total. The first-order chi connectivity index (χ1) is 13.3. The van der Waals surface area contributed by atoms with E-state index in [0.29, 0.717) is 10.9 Å². The molecule has 0 saturated carbocycles. The lowest BCUT2D eigenvalue weighted by molar-refractivity contribution is 0.485. The second-order valence-electron chi connectivity index (χ2n) is 6.02. The van der Waals surface area contributed by atoms with Gasteiger partial charge in [-0.25, -0.2) is 0 Å². The molecule has 4 aromatic carbocycles. The second kappa shape index (κ2) is 7.89. The van der Waals surface area contributed by atoms with Crippen LogP contribution in [0.2, 0.25) is 0 Å². The Morgan fingerprint density at radius 3 is 2.15 bits per heavy atom. The Morgan fingerprint density at radius 1 is 0.630 bits per heavy atom. The molecule has 0 aliphatic heterocycles. The molecular weight excluding hydrogens is 352 g/mol. The summed E-state index contributed by atoms with van der Waals surface area (Å²) in [6.07, 6.45) is 0. The van der Waals surface area contributed by atoms with E-state index in [1.807, 2.05) is 78.9 Å². The van der Waals surface area contributed by atoms with Crippen LogP contribution in [0.3, 0.4) is 0 Å². The summed E-state index contributed by atoms with van der Waals surface area (Å²) in [6, 6.07) is 31.7. The second-order valence-corrected chi connectivity index (χ2v) is 6.43. The average molecular weight is 370 g/mol. The maximum atomic E-state index is 5.98. The van der Waals surface area contributed by atoms with Gasteiger partial charge in [-0.3, -0.25) is 0 Å². The van der Waals surface area contributed by atoms with Gasteiger partial charge in [0.25, 0.3) is 0 Å². The standard InChI is InChI=1S/C23H18N2OS/c27-23(24-20-15-8-10-17-9-4-5-13-19(17)20)25-21-14-6-7-16-22(21)26-18-11-2-1-3-12-18/h1-16H,(H2,24,25,27). The fraction of sp³-hybridized carbons (Fsp3) is 0. The van der Waals surface area contributed by atoms with Crippen molar-refractivity contribution in [3.63, 3.8) is 0 Å². The fourth-order valence-electron chi connectivity index (χ4n) is 2.88. The highest BCUT2D eigenvalue weighted by Crippen LogP contribution is 2.29. The molecule has 0 atom stereocenters. The van der Waals surface area contributed by atoms with E-state index >= 15 is 0 Å². The summed E-state index contributed by atoms with van der Waals surface area (Å²) >= 11 is 5.53. The molecule has 27 heavy (non-hydrogen) atoms. The van der Waals surface area contributed by atoms with Gasteiger partial charge in [0, 0.05) is 11.1 Å². The molecule has 0 radical (unpaired) electrons. The number of anilines is 2. The Kier molecular flexibility index (Phi) is 4.99. The van der Waals surface area contributed by atoms with Crippen molar-refractivity contribution in [1.82, 2.24) is 0 Å². The lowest BCUT2D eigenvalue weighted by atomic mass is 10.1. The molecule has 0 unspecified atom stereocenters. The van der Waals surface area contributed by atoms with Crippen LogP contribution in [0.4, 0.5) is 11.4 Å². The third-order valence-electron chi connectivity index (χ3n) is 4.14. The molecule has 3 nitrogen and oxygen atoms in total. The summed E-state index contributed by atoms with van der Waals surface area (Å²) in [4.78, 5) is 0. The molecule has 0 heterocycles. The van der Waals surface area contributed by atoms with Crippen LogP contribution in [0, 0.1) is 0 Å². The van der Waals surface area contributed by atoms with Crippen LogP contribution >= 0.6 is 12.2 Å². The van der Waals surface area contributed by atoms with Crippen molar-refractivity contribution in [2.45, 2.75) is 0 Å². The highest BCUT2D eigenvalue weighted by atomic mass is 32.1. The van der Waals surface area contributed by atoms with Crippen LogP contribution in [0.1, 0.15) is 0 Å². The third kappa shape index (κ3) is 4.07. The third-order valence-corrected chi connectivity index (χ3v) is 4.35. The molecule has 0 aliphatic rings. The van der Waals surface area contributed by atoms with E-state index in [9.17, 15) is 0 Å². The quantitative estimate of drug-likeness (QED) is 0.405. The van der Waals surface area contributed by atoms with Crippen molar-refractivity contribution >= 4 is 39.5 Å². The highest BCUT2D eigenvalue weighted by Gasteiger charge is 2.08. The van der Waals surface area contributed by atoms with Crippen molar-refractivity contribution in [2.75, 3.05) is 10.6 Å². The first kappa shape index (κ1) is 17.1. The van der Waals surface area contributed by atoms with Crippen molar-refractivity contribution in [1.29, 1.82) is 0 Å². The Hall–Kier alpha value is -3.37. The molecule has 132 valence electrons. The Labute approximate surface area is 163 Å². The lowest BCUT2D eigenvalue weighted by Crippen LogP contribution is -2.19. The molecule has 4 heteroatoms. The van der Waals surface area contributed by atoms with Gasteiger partial charge >= 0.3 is 0 Å². The summed E-state index contributed by atoms with van der Waals surface area (Å²) in [5, 5.41) is 9.33. The molecule has 0 fully saturated rings. The molecule has 4 aromatic rings. The topological polar surface area (TPSA) is 33.3 Å². The molecule has 0 amide bonds. The minimum absolute atomic E-state index is 0.510. The summed E-state index contributed by atoms with van der Waals surface area (Å²) < 4.78 is 5.98. The van der Waals surface area contributed by atoms with Gasteiger partial charge in [0.2, 0.25) is 0 Å². The van der Waals surface area contributed by atoms with Crippen LogP contribution in [0.15, 0.2) is 97.1 Å². The average Bonchev–Trinajstić information content (AvgIpc) is 2.71. The minimum Gasteiger partial charge on any atom is -0.455 e. The largest absolute Gasteiger partial charge is 0.455 e. The van der Waals surface area contributed by atoms with E-state index < -0.39 is 0 Å².